The fourth-order valence-corrected chi connectivity index (χ4v) is 2.86. The Bertz CT molecular complexity index is 493. The first kappa shape index (κ1) is 16.2. The summed E-state index contributed by atoms with van der Waals surface area (Å²) >= 11 is 0. The Kier molecular flexibility index (Phi) is 6.37. The topological polar surface area (TPSA) is 25.6 Å². The minimum atomic E-state index is 0.788. The van der Waals surface area contributed by atoms with E-state index in [-0.39, 0.29) is 0 Å². The molecule has 0 aliphatic carbocycles. The molecule has 1 unspecified atom stereocenters. The highest BCUT2D eigenvalue weighted by Gasteiger charge is 2.15. The molecule has 118 valence electrons. The van der Waals surface area contributed by atoms with E-state index in [1.165, 1.54) is 32.2 Å². The first-order valence-electron chi connectivity index (χ1n) is 8.39. The van der Waals surface area contributed by atoms with E-state index in [0.29, 0.717) is 0 Å². The number of hydrogen-bond donors (Lipinski definition) is 0. The van der Waals surface area contributed by atoms with Crippen LogP contribution in [0.25, 0.3) is 11.2 Å². The molecule has 0 saturated carbocycles. The smallest absolute Gasteiger partial charge is 0.169 e. The van der Waals surface area contributed by atoms with Gasteiger partial charge in [0.2, 0.25) is 0 Å². The molecule has 3 nitrogen and oxygen atoms in total. The molecule has 3 heterocycles. The second-order valence-electron chi connectivity index (χ2n) is 5.95. The zero-order chi connectivity index (χ0) is 15.1. The van der Waals surface area contributed by atoms with E-state index < -0.39 is 0 Å². The number of hydrogen-bond acceptors (Lipinski definition) is 3. The number of nitrogens with zero attached hydrogens (tertiary/aromatic N) is 1. The van der Waals surface area contributed by atoms with Crippen LogP contribution in [0.3, 0.4) is 0 Å². The van der Waals surface area contributed by atoms with Crippen LogP contribution in [0.2, 0.25) is 0 Å². The predicted octanol–water partition coefficient (Wildman–Crippen LogP) is 4.93. The van der Waals surface area contributed by atoms with E-state index in [0.717, 1.165) is 42.4 Å². The summed E-state index contributed by atoms with van der Waals surface area (Å²) in [6, 6.07) is 6.71. The van der Waals surface area contributed by atoms with Crippen molar-refractivity contribution in [3.05, 3.63) is 18.2 Å². The summed E-state index contributed by atoms with van der Waals surface area (Å²) in [5, 5.41) is 0. The minimum absolute atomic E-state index is 0.788. The van der Waals surface area contributed by atoms with Gasteiger partial charge in [-0.15, -0.1) is 0 Å². The number of piperidine rings is 1. The summed E-state index contributed by atoms with van der Waals surface area (Å²) in [7, 11) is 2.24. The van der Waals surface area contributed by atoms with E-state index in [1.54, 1.807) is 0 Å². The molecule has 1 fully saturated rings. The number of unbranched alkanes of at least 4 members (excludes halogenated alkanes) is 1. The first-order chi connectivity index (χ1) is 10.2. The maximum Gasteiger partial charge on any atom is 0.169 e. The average molecular weight is 291 g/mol. The molecule has 0 aromatic carbocycles. The van der Waals surface area contributed by atoms with Crippen molar-refractivity contribution in [1.82, 2.24) is 4.90 Å². The SMILES string of the molecule is CCC1CCCCN1C.CCCCOc1cc2ccc1o2. The molecule has 3 rings (SSSR count). The summed E-state index contributed by atoms with van der Waals surface area (Å²) in [4.78, 5) is 2.49. The highest BCUT2D eigenvalue weighted by molar-refractivity contribution is 5.69. The van der Waals surface area contributed by atoms with Crippen LogP contribution in [0.1, 0.15) is 52.4 Å². The lowest BCUT2D eigenvalue weighted by atomic mass is 10.0. The number of likely N-dealkylation sites (tertiary alicyclic amines) is 1. The van der Waals surface area contributed by atoms with Gasteiger partial charge >= 0.3 is 0 Å². The molecule has 1 aliphatic rings. The van der Waals surface area contributed by atoms with Gasteiger partial charge in [0.05, 0.1) is 6.61 Å². The van der Waals surface area contributed by atoms with E-state index in [4.69, 9.17) is 9.15 Å². The Labute approximate surface area is 128 Å². The fourth-order valence-electron chi connectivity index (χ4n) is 2.86. The third-order valence-corrected chi connectivity index (χ3v) is 4.29. The molecule has 1 atom stereocenters. The lowest BCUT2D eigenvalue weighted by molar-refractivity contribution is 0.181. The van der Waals surface area contributed by atoms with Crippen molar-refractivity contribution in [3.8, 4) is 5.75 Å². The summed E-state index contributed by atoms with van der Waals surface area (Å²) in [6.45, 7) is 6.54. The van der Waals surface area contributed by atoms with E-state index in [1.807, 2.05) is 18.2 Å². The second-order valence-corrected chi connectivity index (χ2v) is 5.95. The molecule has 1 aliphatic heterocycles. The van der Waals surface area contributed by atoms with Crippen molar-refractivity contribution in [2.24, 2.45) is 0 Å². The van der Waals surface area contributed by atoms with Crippen molar-refractivity contribution >= 4 is 11.2 Å². The lowest BCUT2D eigenvalue weighted by Gasteiger charge is -2.31. The summed E-state index contributed by atoms with van der Waals surface area (Å²) in [5.74, 6) is 0.890. The Balaban J connectivity index is 0.000000161. The zero-order valence-corrected chi connectivity index (χ0v) is 13.7. The molecule has 1 saturated heterocycles. The molecule has 2 aromatic heterocycles. The van der Waals surface area contributed by atoms with E-state index in [9.17, 15) is 0 Å². The number of rotatable bonds is 5. The highest BCUT2D eigenvalue weighted by Crippen LogP contribution is 2.28. The van der Waals surface area contributed by atoms with Crippen LogP contribution in [-0.4, -0.2) is 31.1 Å². The van der Waals surface area contributed by atoms with Crippen LogP contribution < -0.4 is 4.74 Å². The van der Waals surface area contributed by atoms with Crippen LogP contribution in [0, 0.1) is 0 Å². The number of furan rings is 2. The van der Waals surface area contributed by atoms with Crippen LogP contribution in [-0.2, 0) is 0 Å². The molecular weight excluding hydrogens is 262 g/mol. The van der Waals surface area contributed by atoms with Crippen molar-refractivity contribution in [2.75, 3.05) is 20.2 Å². The van der Waals surface area contributed by atoms with Gasteiger partial charge < -0.3 is 14.1 Å². The van der Waals surface area contributed by atoms with Gasteiger partial charge in [-0.2, -0.15) is 0 Å². The highest BCUT2D eigenvalue weighted by atomic mass is 16.5. The van der Waals surface area contributed by atoms with Gasteiger partial charge in [0.15, 0.2) is 11.3 Å². The van der Waals surface area contributed by atoms with Crippen LogP contribution in [0.15, 0.2) is 22.6 Å². The summed E-state index contributed by atoms with van der Waals surface area (Å²) in [5.41, 5.74) is 1.76. The maximum absolute atomic E-state index is 5.50. The zero-order valence-electron chi connectivity index (χ0n) is 13.7. The number of benzene rings is 1. The minimum Gasteiger partial charge on any atom is -0.490 e. The van der Waals surface area contributed by atoms with Crippen LogP contribution in [0.5, 0.6) is 5.75 Å². The monoisotopic (exact) mass is 291 g/mol. The molecule has 0 N–H and O–H groups in total. The maximum atomic E-state index is 5.50. The summed E-state index contributed by atoms with van der Waals surface area (Å²) < 4.78 is 10.8. The van der Waals surface area contributed by atoms with Gasteiger partial charge in [0, 0.05) is 12.1 Å². The Morgan fingerprint density at radius 1 is 1.29 bits per heavy atom. The summed E-state index contributed by atoms with van der Waals surface area (Å²) in [6.07, 6.45) is 7.87. The number of fused-ring (bicyclic) bond motifs is 2. The van der Waals surface area contributed by atoms with Gasteiger partial charge in [-0.1, -0.05) is 26.7 Å². The third-order valence-electron chi connectivity index (χ3n) is 4.29. The Morgan fingerprint density at radius 2 is 2.14 bits per heavy atom. The molecule has 0 amide bonds. The Morgan fingerprint density at radius 3 is 2.67 bits per heavy atom. The van der Waals surface area contributed by atoms with E-state index >= 15 is 0 Å². The van der Waals surface area contributed by atoms with Gasteiger partial charge in [-0.05, 0) is 51.4 Å². The molecule has 2 bridgehead atoms. The second kappa shape index (κ2) is 8.28. The molecule has 0 spiro atoms. The molecule has 3 heteroatoms. The lowest BCUT2D eigenvalue weighted by Crippen LogP contribution is -2.35. The normalized spacial score (nSPS) is 19.5. The van der Waals surface area contributed by atoms with Gasteiger partial charge in [0.1, 0.15) is 5.58 Å². The van der Waals surface area contributed by atoms with Crippen LogP contribution in [0.4, 0.5) is 0 Å². The number of ether oxygens (including phenoxy) is 1. The van der Waals surface area contributed by atoms with Gasteiger partial charge in [-0.25, -0.2) is 0 Å². The van der Waals surface area contributed by atoms with Crippen molar-refractivity contribution in [2.45, 2.75) is 58.4 Å². The predicted molar refractivity (Wildman–Crippen MR) is 88.4 cm³/mol. The molecule has 2 aromatic rings. The largest absolute Gasteiger partial charge is 0.490 e. The third kappa shape index (κ3) is 4.63. The van der Waals surface area contributed by atoms with E-state index in [2.05, 4.69) is 25.8 Å². The molecule has 21 heavy (non-hydrogen) atoms. The Hall–Kier alpha value is -1.22. The fraction of sp³-hybridized carbons (Fsp3) is 0.667. The molecular formula is C18H29NO2. The van der Waals surface area contributed by atoms with Crippen molar-refractivity contribution < 1.29 is 9.15 Å². The van der Waals surface area contributed by atoms with Crippen molar-refractivity contribution in [1.29, 1.82) is 0 Å². The first-order valence-corrected chi connectivity index (χ1v) is 8.39. The average Bonchev–Trinajstić information content (AvgIpc) is 3.11. The van der Waals surface area contributed by atoms with Gasteiger partial charge in [0.25, 0.3) is 0 Å². The van der Waals surface area contributed by atoms with Crippen LogP contribution >= 0.6 is 0 Å². The molecule has 0 radical (unpaired) electrons. The standard InChI is InChI=1S/C10H12O2.C8H17N/c1-2-3-6-11-10-7-8-4-5-9(10)12-8;1-3-8-6-4-5-7-9(8)2/h4-5,7H,2-3,6H2,1H3;8H,3-7H2,1-2H3. The van der Waals surface area contributed by atoms with Crippen molar-refractivity contribution in [3.63, 3.8) is 0 Å². The van der Waals surface area contributed by atoms with Gasteiger partial charge in [-0.3, -0.25) is 0 Å². The quantitative estimate of drug-likeness (QED) is 0.730.